The van der Waals surface area contributed by atoms with Crippen molar-refractivity contribution >= 4 is 97.3 Å². The van der Waals surface area contributed by atoms with E-state index in [1.165, 1.54) is 97.7 Å². The van der Waals surface area contributed by atoms with Crippen LogP contribution in [-0.4, -0.2) is 0 Å². The zero-order chi connectivity index (χ0) is 37.4. The van der Waals surface area contributed by atoms with Crippen molar-refractivity contribution in [3.05, 3.63) is 181 Å². The third kappa shape index (κ3) is 3.97. The number of benzene rings is 10. The molecule has 1 heterocycles. The molecule has 0 unspecified atom stereocenters. The van der Waals surface area contributed by atoms with Crippen LogP contribution in [0.4, 0.5) is 0 Å². The molecule has 0 saturated heterocycles. The van der Waals surface area contributed by atoms with Gasteiger partial charge in [0.05, 0.1) is 11.6 Å². The van der Waals surface area contributed by atoms with Crippen LogP contribution in [0.25, 0.3) is 131 Å². The van der Waals surface area contributed by atoms with Gasteiger partial charge in [-0.2, -0.15) is 5.26 Å². The summed E-state index contributed by atoms with van der Waals surface area (Å²) in [5, 5.41) is 29.6. The van der Waals surface area contributed by atoms with Gasteiger partial charge in [-0.3, -0.25) is 0 Å². The highest BCUT2D eigenvalue weighted by atomic mass is 16.3. The highest BCUT2D eigenvalue weighted by Crippen LogP contribution is 2.55. The predicted molar refractivity (Wildman–Crippen MR) is 240 cm³/mol. The van der Waals surface area contributed by atoms with Gasteiger partial charge in [0, 0.05) is 16.3 Å². The van der Waals surface area contributed by atoms with Crippen LogP contribution in [0.15, 0.2) is 180 Å². The van der Waals surface area contributed by atoms with Crippen LogP contribution in [0, 0.1) is 11.3 Å². The fraction of sp³-hybridized carbons (Fsp3) is 0. The van der Waals surface area contributed by atoms with E-state index in [2.05, 4.69) is 164 Å². The topological polar surface area (TPSA) is 36.9 Å². The Morgan fingerprint density at radius 2 is 0.912 bits per heavy atom. The summed E-state index contributed by atoms with van der Waals surface area (Å²) >= 11 is 0. The molecule has 2 heteroatoms. The maximum Gasteiger partial charge on any atom is 0.143 e. The lowest BCUT2D eigenvalue weighted by Crippen LogP contribution is -1.91. The van der Waals surface area contributed by atoms with Gasteiger partial charge in [0.1, 0.15) is 11.2 Å². The largest absolute Gasteiger partial charge is 0.455 e. The Kier molecular flexibility index (Phi) is 5.99. The standard InChI is InChI=1S/C55H29NO/c56-30-31-24-27-47-44(28-31)40-21-11-20-39(55(40)57-47)36-25-26-43-50-38(36)19-10-23-42(50)54-49(33-14-5-2-6-15-33)52-41-22-9-18-37-34-16-7-8-17-35(34)45(51(37)41)29-46(52)48(53(43)54)32-12-3-1-4-13-32/h1-29H. The number of nitriles is 1. The first-order valence-corrected chi connectivity index (χ1v) is 19.5. The lowest BCUT2D eigenvalue weighted by molar-refractivity contribution is 0.670. The summed E-state index contributed by atoms with van der Waals surface area (Å²) in [4.78, 5) is 0. The Bertz CT molecular complexity index is 3850. The minimum Gasteiger partial charge on any atom is -0.455 e. The third-order valence-corrected chi connectivity index (χ3v) is 12.6. The molecule has 0 N–H and O–H groups in total. The molecule has 0 aliphatic carbocycles. The molecule has 0 radical (unpaired) electrons. The minimum atomic E-state index is 0.626. The molecule has 12 aromatic carbocycles. The summed E-state index contributed by atoms with van der Waals surface area (Å²) in [5.74, 6) is 0. The maximum absolute atomic E-state index is 9.68. The van der Waals surface area contributed by atoms with Gasteiger partial charge in [-0.1, -0.05) is 152 Å². The van der Waals surface area contributed by atoms with E-state index < -0.39 is 0 Å². The second kappa shape index (κ2) is 11.2. The van der Waals surface area contributed by atoms with Gasteiger partial charge in [0.2, 0.25) is 0 Å². The van der Waals surface area contributed by atoms with Crippen LogP contribution in [0.5, 0.6) is 0 Å². The van der Waals surface area contributed by atoms with E-state index in [0.29, 0.717) is 5.56 Å². The van der Waals surface area contributed by atoms with E-state index in [-0.39, 0.29) is 0 Å². The molecule has 57 heavy (non-hydrogen) atoms. The molecule has 260 valence electrons. The first kappa shape index (κ1) is 30.6. The fourth-order valence-corrected chi connectivity index (χ4v) is 10.3. The molecule has 0 atom stereocenters. The molecule has 0 bridgehead atoms. The highest BCUT2D eigenvalue weighted by Gasteiger charge is 2.27. The Balaban J connectivity index is 1.26. The SMILES string of the molecule is N#Cc1ccc2oc3c(-c4ccc5c6c(-c7ccccc7)c7cc8c9ccccc9c9cccc(c7c(-c7ccccc7)c6c6cccc4c56)c98)cccc3c2c1. The lowest BCUT2D eigenvalue weighted by atomic mass is 9.84. The van der Waals surface area contributed by atoms with Crippen molar-refractivity contribution in [2.24, 2.45) is 0 Å². The Labute approximate surface area is 326 Å². The molecule has 0 spiro atoms. The van der Waals surface area contributed by atoms with Crippen molar-refractivity contribution in [2.75, 3.05) is 0 Å². The van der Waals surface area contributed by atoms with Crippen molar-refractivity contribution in [3.63, 3.8) is 0 Å². The summed E-state index contributed by atoms with van der Waals surface area (Å²) in [7, 11) is 0. The van der Waals surface area contributed by atoms with Crippen molar-refractivity contribution in [1.29, 1.82) is 5.26 Å². The maximum atomic E-state index is 9.68. The molecular weight excluding hydrogens is 691 g/mol. The first-order valence-electron chi connectivity index (χ1n) is 19.5. The number of hydrogen-bond acceptors (Lipinski definition) is 2. The second-order valence-corrected chi connectivity index (χ2v) is 15.3. The number of rotatable bonds is 3. The van der Waals surface area contributed by atoms with Gasteiger partial charge in [-0.05, 0) is 127 Å². The fourth-order valence-electron chi connectivity index (χ4n) is 10.3. The Morgan fingerprint density at radius 3 is 1.68 bits per heavy atom. The van der Waals surface area contributed by atoms with Gasteiger partial charge in [0.25, 0.3) is 0 Å². The van der Waals surface area contributed by atoms with Crippen molar-refractivity contribution in [2.45, 2.75) is 0 Å². The normalized spacial score (nSPS) is 12.2. The summed E-state index contributed by atoms with van der Waals surface area (Å²) in [6, 6.07) is 66.1. The summed E-state index contributed by atoms with van der Waals surface area (Å²) < 4.78 is 6.61. The summed E-state index contributed by atoms with van der Waals surface area (Å²) in [5.41, 5.74) is 9.39. The van der Waals surface area contributed by atoms with E-state index in [9.17, 15) is 5.26 Å². The molecule has 2 nitrogen and oxygen atoms in total. The average Bonchev–Trinajstić information content (AvgIpc) is 3.93. The van der Waals surface area contributed by atoms with Gasteiger partial charge in [-0.25, -0.2) is 0 Å². The van der Waals surface area contributed by atoms with Crippen molar-refractivity contribution in [3.8, 4) is 39.4 Å². The van der Waals surface area contributed by atoms with Gasteiger partial charge < -0.3 is 4.42 Å². The number of para-hydroxylation sites is 1. The Morgan fingerprint density at radius 1 is 0.333 bits per heavy atom. The summed E-state index contributed by atoms with van der Waals surface area (Å²) in [6.07, 6.45) is 0. The monoisotopic (exact) mass is 719 g/mol. The second-order valence-electron chi connectivity index (χ2n) is 15.3. The van der Waals surface area contributed by atoms with E-state index in [0.717, 1.165) is 33.1 Å². The van der Waals surface area contributed by atoms with E-state index in [1.54, 1.807) is 0 Å². The predicted octanol–water partition coefficient (Wildman–Crippen LogP) is 15.4. The molecule has 13 rings (SSSR count). The number of nitrogens with zero attached hydrogens (tertiary/aromatic N) is 1. The number of furan rings is 1. The zero-order valence-electron chi connectivity index (χ0n) is 30.6. The van der Waals surface area contributed by atoms with E-state index in [4.69, 9.17) is 4.42 Å². The molecule has 0 fully saturated rings. The average molecular weight is 720 g/mol. The molecule has 0 saturated carbocycles. The van der Waals surface area contributed by atoms with Crippen LogP contribution >= 0.6 is 0 Å². The van der Waals surface area contributed by atoms with Crippen LogP contribution in [0.3, 0.4) is 0 Å². The first-order chi connectivity index (χ1) is 28.3. The molecule has 0 amide bonds. The van der Waals surface area contributed by atoms with Crippen LogP contribution < -0.4 is 0 Å². The quantitative estimate of drug-likeness (QED) is 0.171. The van der Waals surface area contributed by atoms with Crippen molar-refractivity contribution < 1.29 is 4.42 Å². The van der Waals surface area contributed by atoms with Crippen molar-refractivity contribution in [1.82, 2.24) is 0 Å². The van der Waals surface area contributed by atoms with Crippen LogP contribution in [0.1, 0.15) is 5.56 Å². The van der Waals surface area contributed by atoms with Gasteiger partial charge in [0.15, 0.2) is 0 Å². The molecule has 13 aromatic rings. The lowest BCUT2D eigenvalue weighted by Gasteiger charge is -2.19. The highest BCUT2D eigenvalue weighted by molar-refractivity contribution is 6.45. The number of fused-ring (bicyclic) bond motifs is 11. The number of hydrogen-bond donors (Lipinski definition) is 0. The minimum absolute atomic E-state index is 0.626. The van der Waals surface area contributed by atoms with E-state index >= 15 is 0 Å². The third-order valence-electron chi connectivity index (χ3n) is 12.6. The zero-order valence-corrected chi connectivity index (χ0v) is 30.6. The van der Waals surface area contributed by atoms with E-state index in [1.807, 2.05) is 18.2 Å². The molecular formula is C55H29NO. The van der Waals surface area contributed by atoms with Crippen LogP contribution in [0.2, 0.25) is 0 Å². The summed E-state index contributed by atoms with van der Waals surface area (Å²) in [6.45, 7) is 0. The van der Waals surface area contributed by atoms with Gasteiger partial charge >= 0.3 is 0 Å². The smallest absolute Gasteiger partial charge is 0.143 e. The molecule has 0 aliphatic rings. The Hall–Kier alpha value is -7.73. The molecule has 0 aliphatic heterocycles. The van der Waals surface area contributed by atoms with Crippen LogP contribution in [-0.2, 0) is 0 Å². The van der Waals surface area contributed by atoms with Gasteiger partial charge in [-0.15, -0.1) is 0 Å². The molecule has 1 aromatic heterocycles.